The van der Waals surface area contributed by atoms with E-state index in [0.29, 0.717) is 5.41 Å². The highest BCUT2D eigenvalue weighted by Crippen LogP contribution is 2.50. The summed E-state index contributed by atoms with van der Waals surface area (Å²) in [5, 5.41) is 0. The topological polar surface area (TPSA) is 43.8 Å². The van der Waals surface area contributed by atoms with Crippen LogP contribution in [0, 0.1) is 5.41 Å². The maximum absolute atomic E-state index is 5.88. The van der Waals surface area contributed by atoms with E-state index in [0.717, 1.165) is 12.2 Å². The summed E-state index contributed by atoms with van der Waals surface area (Å²) in [4.78, 5) is 4.17. The minimum Gasteiger partial charge on any atom is -0.333 e. The molecular formula is C11H19N3. The standard InChI is InChI=1S/C11H19N3/c1-3-11(4-5-11)7-14-8-13-6-10(14)9(2)12/h6,8-9H,3-5,7,12H2,1-2H3. The number of hydrogen-bond donors (Lipinski definition) is 1. The van der Waals surface area contributed by atoms with Gasteiger partial charge in [-0.15, -0.1) is 0 Å². The first-order chi connectivity index (χ1) is 6.67. The summed E-state index contributed by atoms with van der Waals surface area (Å²) in [6, 6.07) is 0.0881. The SMILES string of the molecule is CCC1(Cn2cncc2C(C)N)CC1. The van der Waals surface area contributed by atoms with Crippen LogP contribution in [0.3, 0.4) is 0 Å². The minimum atomic E-state index is 0.0881. The molecule has 1 aliphatic carbocycles. The van der Waals surface area contributed by atoms with Crippen LogP contribution in [0.15, 0.2) is 12.5 Å². The molecule has 0 radical (unpaired) electrons. The van der Waals surface area contributed by atoms with Gasteiger partial charge >= 0.3 is 0 Å². The van der Waals surface area contributed by atoms with Crippen molar-refractivity contribution in [2.24, 2.45) is 11.1 Å². The van der Waals surface area contributed by atoms with E-state index in [-0.39, 0.29) is 6.04 Å². The zero-order valence-corrected chi connectivity index (χ0v) is 9.03. The minimum absolute atomic E-state index is 0.0881. The van der Waals surface area contributed by atoms with Gasteiger partial charge in [0.15, 0.2) is 0 Å². The molecule has 3 nitrogen and oxygen atoms in total. The maximum Gasteiger partial charge on any atom is 0.0948 e. The molecular weight excluding hydrogens is 174 g/mol. The summed E-state index contributed by atoms with van der Waals surface area (Å²) in [7, 11) is 0. The van der Waals surface area contributed by atoms with Crippen molar-refractivity contribution in [3.8, 4) is 0 Å². The van der Waals surface area contributed by atoms with Crippen molar-refractivity contribution in [2.45, 2.75) is 45.7 Å². The first kappa shape index (κ1) is 9.71. The summed E-state index contributed by atoms with van der Waals surface area (Å²) in [5.74, 6) is 0. The Labute approximate surface area is 85.3 Å². The number of aromatic nitrogens is 2. The number of nitrogens with two attached hydrogens (primary N) is 1. The zero-order chi connectivity index (χ0) is 10.2. The summed E-state index contributed by atoms with van der Waals surface area (Å²) in [6.45, 7) is 5.38. The van der Waals surface area contributed by atoms with Gasteiger partial charge < -0.3 is 10.3 Å². The molecule has 0 aliphatic heterocycles. The first-order valence-electron chi connectivity index (χ1n) is 5.42. The van der Waals surface area contributed by atoms with E-state index in [1.165, 1.54) is 19.3 Å². The van der Waals surface area contributed by atoms with Crippen molar-refractivity contribution in [2.75, 3.05) is 0 Å². The van der Waals surface area contributed by atoms with Crippen LogP contribution >= 0.6 is 0 Å². The average molecular weight is 193 g/mol. The van der Waals surface area contributed by atoms with E-state index in [4.69, 9.17) is 5.73 Å². The maximum atomic E-state index is 5.88. The molecule has 78 valence electrons. The molecule has 1 aliphatic rings. The lowest BCUT2D eigenvalue weighted by molar-refractivity contribution is 0.398. The van der Waals surface area contributed by atoms with Gasteiger partial charge in [-0.1, -0.05) is 6.92 Å². The molecule has 1 fully saturated rings. The number of nitrogens with zero attached hydrogens (tertiary/aromatic N) is 2. The molecule has 0 spiro atoms. The van der Waals surface area contributed by atoms with Crippen molar-refractivity contribution in [3.05, 3.63) is 18.2 Å². The Bertz CT molecular complexity index is 310. The van der Waals surface area contributed by atoms with Crippen LogP contribution < -0.4 is 5.73 Å². The van der Waals surface area contributed by atoms with Gasteiger partial charge in [-0.3, -0.25) is 0 Å². The molecule has 2 N–H and O–H groups in total. The smallest absolute Gasteiger partial charge is 0.0948 e. The predicted octanol–water partition coefficient (Wildman–Crippen LogP) is 2.09. The van der Waals surface area contributed by atoms with E-state index >= 15 is 0 Å². The van der Waals surface area contributed by atoms with Crippen LogP contribution in [0.4, 0.5) is 0 Å². The van der Waals surface area contributed by atoms with Crippen LogP contribution in [0.1, 0.15) is 44.8 Å². The normalized spacial score (nSPS) is 20.8. The van der Waals surface area contributed by atoms with Crippen LogP contribution in [0.2, 0.25) is 0 Å². The van der Waals surface area contributed by atoms with Crippen molar-refractivity contribution < 1.29 is 0 Å². The molecule has 2 rings (SSSR count). The third-order valence-electron chi connectivity index (χ3n) is 3.42. The fraction of sp³-hybridized carbons (Fsp3) is 0.727. The summed E-state index contributed by atoms with van der Waals surface area (Å²) >= 11 is 0. The molecule has 0 bridgehead atoms. The van der Waals surface area contributed by atoms with E-state index in [1.54, 1.807) is 0 Å². The highest BCUT2D eigenvalue weighted by molar-refractivity contribution is 5.05. The average Bonchev–Trinajstić information content (AvgIpc) is 2.76. The van der Waals surface area contributed by atoms with E-state index in [2.05, 4.69) is 16.5 Å². The molecule has 1 atom stereocenters. The highest BCUT2D eigenvalue weighted by Gasteiger charge is 2.41. The summed E-state index contributed by atoms with van der Waals surface area (Å²) in [5.41, 5.74) is 7.60. The largest absolute Gasteiger partial charge is 0.333 e. The second-order valence-electron chi connectivity index (χ2n) is 4.59. The molecule has 0 aromatic carbocycles. The van der Waals surface area contributed by atoms with Crippen molar-refractivity contribution >= 4 is 0 Å². The van der Waals surface area contributed by atoms with Gasteiger partial charge in [-0.2, -0.15) is 0 Å². The van der Waals surface area contributed by atoms with Gasteiger partial charge in [0.1, 0.15) is 0 Å². The van der Waals surface area contributed by atoms with Gasteiger partial charge in [-0.05, 0) is 31.6 Å². The molecule has 14 heavy (non-hydrogen) atoms. The van der Waals surface area contributed by atoms with Crippen molar-refractivity contribution in [3.63, 3.8) is 0 Å². The molecule has 3 heteroatoms. The lowest BCUT2D eigenvalue weighted by atomic mass is 10.0. The second kappa shape index (κ2) is 3.39. The molecule has 0 amide bonds. The Morgan fingerprint density at radius 2 is 2.36 bits per heavy atom. The van der Waals surface area contributed by atoms with Gasteiger partial charge in [0, 0.05) is 18.8 Å². The predicted molar refractivity (Wildman–Crippen MR) is 56.8 cm³/mol. The summed E-state index contributed by atoms with van der Waals surface area (Å²) in [6.07, 6.45) is 7.79. The van der Waals surface area contributed by atoms with Crippen LogP contribution in [-0.2, 0) is 6.54 Å². The molecule has 1 saturated carbocycles. The fourth-order valence-corrected chi connectivity index (χ4v) is 2.00. The van der Waals surface area contributed by atoms with E-state index < -0.39 is 0 Å². The van der Waals surface area contributed by atoms with Crippen LogP contribution in [0.25, 0.3) is 0 Å². The molecule has 1 aromatic rings. The summed E-state index contributed by atoms with van der Waals surface area (Å²) < 4.78 is 2.22. The Morgan fingerprint density at radius 3 is 2.86 bits per heavy atom. The van der Waals surface area contributed by atoms with Crippen LogP contribution in [0.5, 0.6) is 0 Å². The Balaban J connectivity index is 2.12. The Kier molecular flexibility index (Phi) is 2.35. The fourth-order valence-electron chi connectivity index (χ4n) is 2.00. The van der Waals surface area contributed by atoms with E-state index in [1.807, 2.05) is 19.4 Å². The zero-order valence-electron chi connectivity index (χ0n) is 9.03. The lowest BCUT2D eigenvalue weighted by Crippen LogP contribution is -2.16. The number of hydrogen-bond acceptors (Lipinski definition) is 2. The Morgan fingerprint density at radius 1 is 1.64 bits per heavy atom. The number of rotatable bonds is 4. The van der Waals surface area contributed by atoms with Crippen LogP contribution in [-0.4, -0.2) is 9.55 Å². The lowest BCUT2D eigenvalue weighted by Gasteiger charge is -2.16. The monoisotopic (exact) mass is 193 g/mol. The van der Waals surface area contributed by atoms with Gasteiger partial charge in [0.2, 0.25) is 0 Å². The van der Waals surface area contributed by atoms with Crippen molar-refractivity contribution in [1.29, 1.82) is 0 Å². The van der Waals surface area contributed by atoms with E-state index in [9.17, 15) is 0 Å². The number of imidazole rings is 1. The van der Waals surface area contributed by atoms with Gasteiger partial charge in [0.25, 0.3) is 0 Å². The highest BCUT2D eigenvalue weighted by atomic mass is 15.1. The van der Waals surface area contributed by atoms with Crippen molar-refractivity contribution in [1.82, 2.24) is 9.55 Å². The molecule has 0 saturated heterocycles. The molecule has 1 aromatic heterocycles. The Hall–Kier alpha value is -0.830. The quantitative estimate of drug-likeness (QED) is 0.795. The third kappa shape index (κ3) is 1.69. The van der Waals surface area contributed by atoms with Gasteiger partial charge in [0.05, 0.1) is 12.0 Å². The van der Waals surface area contributed by atoms with Gasteiger partial charge in [-0.25, -0.2) is 4.98 Å². The third-order valence-corrected chi connectivity index (χ3v) is 3.42. The molecule has 1 heterocycles. The molecule has 1 unspecified atom stereocenters. The first-order valence-corrected chi connectivity index (χ1v) is 5.42. The second-order valence-corrected chi connectivity index (χ2v) is 4.59.